The fourth-order valence-electron chi connectivity index (χ4n) is 3.20. The summed E-state index contributed by atoms with van der Waals surface area (Å²) in [6, 6.07) is 19.2. The molecule has 1 aromatic heterocycles. The molecule has 0 unspecified atom stereocenters. The first kappa shape index (κ1) is 25.0. The van der Waals surface area contributed by atoms with Crippen LogP contribution in [0.1, 0.15) is 28.6 Å². The average molecular weight is 745 g/mol. The zero-order chi connectivity index (χ0) is 24.1. The Morgan fingerprint density at radius 3 is 2.65 bits per heavy atom. The van der Waals surface area contributed by atoms with Crippen molar-refractivity contribution in [3.05, 3.63) is 89.2 Å². The van der Waals surface area contributed by atoms with Crippen molar-refractivity contribution in [3.63, 3.8) is 0 Å². The quantitative estimate of drug-likeness (QED) is 0.118. The van der Waals surface area contributed by atoms with Gasteiger partial charge in [0.1, 0.15) is 12.2 Å². The summed E-state index contributed by atoms with van der Waals surface area (Å²) in [7, 11) is 0. The monoisotopic (exact) mass is 744 g/mol. The van der Waals surface area contributed by atoms with Crippen LogP contribution in [0.5, 0.6) is 11.5 Å². The van der Waals surface area contributed by atoms with Gasteiger partial charge in [0.05, 0.1) is 20.0 Å². The van der Waals surface area contributed by atoms with E-state index in [1.54, 1.807) is 12.3 Å². The van der Waals surface area contributed by atoms with Gasteiger partial charge in [-0.3, -0.25) is 4.79 Å². The fraction of sp³-hybridized carbons (Fsp3) is 0.120. The van der Waals surface area contributed by atoms with E-state index < -0.39 is 5.91 Å². The summed E-state index contributed by atoms with van der Waals surface area (Å²) in [5.74, 6) is 1.06. The molecule has 174 valence electrons. The number of nitrogens with one attached hydrogen (secondary N) is 1. The Kier molecular flexibility index (Phi) is 8.48. The summed E-state index contributed by atoms with van der Waals surface area (Å²) in [5.41, 5.74) is 5.03. The number of ether oxygens (including phenoxy) is 2. The zero-order valence-corrected chi connectivity index (χ0v) is 23.9. The number of halogens is 3. The first-order valence-corrected chi connectivity index (χ1v) is 13.2. The Morgan fingerprint density at radius 1 is 1.09 bits per heavy atom. The van der Waals surface area contributed by atoms with Gasteiger partial charge in [-0.05, 0) is 93.6 Å². The molecule has 0 saturated carbocycles. The average Bonchev–Trinajstić information content (AvgIpc) is 3.24. The molecule has 4 aromatic rings. The Hall–Kier alpha value is -2.12. The normalized spacial score (nSPS) is 11.2. The van der Waals surface area contributed by atoms with E-state index in [2.05, 4.69) is 71.6 Å². The summed E-state index contributed by atoms with van der Waals surface area (Å²) in [5, 5.41) is 4.94. The van der Waals surface area contributed by atoms with E-state index in [0.29, 0.717) is 30.3 Å². The fourth-order valence-corrected chi connectivity index (χ4v) is 5.65. The Labute approximate surface area is 232 Å². The van der Waals surface area contributed by atoms with Crippen LogP contribution in [0.3, 0.4) is 0 Å². The van der Waals surface area contributed by atoms with Gasteiger partial charge in [-0.15, -0.1) is 0 Å². The first-order chi connectivity index (χ1) is 16.4. The third-order valence-electron chi connectivity index (χ3n) is 4.70. The lowest BCUT2D eigenvalue weighted by Crippen LogP contribution is -2.16. The van der Waals surface area contributed by atoms with Crippen molar-refractivity contribution in [3.8, 4) is 11.5 Å². The summed E-state index contributed by atoms with van der Waals surface area (Å²) in [6.07, 6.45) is 1.56. The number of carbonyl (C=O) groups is 1. The van der Waals surface area contributed by atoms with Crippen LogP contribution < -0.4 is 14.9 Å². The molecule has 0 aliphatic carbocycles. The third kappa shape index (κ3) is 6.11. The Balaban J connectivity index is 1.48. The number of rotatable bonds is 8. The smallest absolute Gasteiger partial charge is 0.307 e. The Morgan fingerprint density at radius 2 is 1.88 bits per heavy atom. The van der Waals surface area contributed by atoms with E-state index >= 15 is 0 Å². The van der Waals surface area contributed by atoms with Crippen LogP contribution in [0.2, 0.25) is 0 Å². The lowest BCUT2D eigenvalue weighted by atomic mass is 10.2. The number of hydrazone groups is 1. The van der Waals surface area contributed by atoms with Crippen LogP contribution >= 0.6 is 61.1 Å². The number of amides is 1. The van der Waals surface area contributed by atoms with Crippen LogP contribution in [0, 0.1) is 7.14 Å². The minimum Gasteiger partial charge on any atom is -0.490 e. The maximum absolute atomic E-state index is 12.5. The molecule has 0 fully saturated rings. The zero-order valence-electron chi connectivity index (χ0n) is 18.0. The lowest BCUT2D eigenvalue weighted by molar-refractivity contribution is 0.0929. The van der Waals surface area contributed by atoms with Crippen molar-refractivity contribution in [1.29, 1.82) is 0 Å². The van der Waals surface area contributed by atoms with Gasteiger partial charge in [0, 0.05) is 9.86 Å². The minimum atomic E-state index is -0.429. The first-order valence-electron chi connectivity index (χ1n) is 10.3. The molecule has 0 spiro atoms. The number of nitrogens with zero attached hydrogens (tertiary/aromatic N) is 1. The van der Waals surface area contributed by atoms with Crippen molar-refractivity contribution >= 4 is 84.2 Å². The summed E-state index contributed by atoms with van der Waals surface area (Å²) >= 11 is 7.84. The van der Waals surface area contributed by atoms with Gasteiger partial charge < -0.3 is 13.9 Å². The highest BCUT2D eigenvalue weighted by Gasteiger charge is 2.15. The number of fused-ring (bicyclic) bond motifs is 1. The summed E-state index contributed by atoms with van der Waals surface area (Å²) in [6.45, 7) is 2.85. The van der Waals surface area contributed by atoms with E-state index in [1.807, 2.05) is 61.5 Å². The molecule has 9 heteroatoms. The van der Waals surface area contributed by atoms with Gasteiger partial charge >= 0.3 is 5.91 Å². The largest absolute Gasteiger partial charge is 0.490 e. The van der Waals surface area contributed by atoms with Gasteiger partial charge in [-0.2, -0.15) is 5.10 Å². The highest BCUT2D eigenvalue weighted by Crippen LogP contribution is 2.34. The molecule has 0 radical (unpaired) electrons. The van der Waals surface area contributed by atoms with Crippen molar-refractivity contribution in [2.24, 2.45) is 5.10 Å². The van der Waals surface area contributed by atoms with Crippen LogP contribution in [-0.4, -0.2) is 18.7 Å². The Bertz CT molecular complexity index is 1360. The van der Waals surface area contributed by atoms with Crippen molar-refractivity contribution in [1.82, 2.24) is 5.43 Å². The molecule has 1 N–H and O–H groups in total. The molecule has 1 heterocycles. The second-order valence-electron chi connectivity index (χ2n) is 7.15. The molecule has 0 aliphatic rings. The SMILES string of the molecule is CCOc1cc(/C=N\NC(=O)c2cc3cc(Br)cc(I)c3o2)cc(I)c1OCc1ccccc1. The molecule has 4 rings (SSSR count). The van der Waals surface area contributed by atoms with E-state index in [1.165, 1.54) is 0 Å². The predicted octanol–water partition coefficient (Wildman–Crippen LogP) is 7.15. The molecule has 3 aromatic carbocycles. The second kappa shape index (κ2) is 11.5. The van der Waals surface area contributed by atoms with Gasteiger partial charge in [0.2, 0.25) is 0 Å². The molecule has 6 nitrogen and oxygen atoms in total. The summed E-state index contributed by atoms with van der Waals surface area (Å²) in [4.78, 5) is 12.5. The topological polar surface area (TPSA) is 73.1 Å². The van der Waals surface area contributed by atoms with Crippen molar-refractivity contribution in [2.75, 3.05) is 6.61 Å². The van der Waals surface area contributed by atoms with E-state index in [4.69, 9.17) is 13.9 Å². The van der Waals surface area contributed by atoms with Gasteiger partial charge in [-0.1, -0.05) is 46.3 Å². The third-order valence-corrected chi connectivity index (χ3v) is 6.76. The van der Waals surface area contributed by atoms with Crippen molar-refractivity contribution in [2.45, 2.75) is 13.5 Å². The van der Waals surface area contributed by atoms with Gasteiger partial charge in [-0.25, -0.2) is 5.43 Å². The van der Waals surface area contributed by atoms with Crippen LogP contribution in [-0.2, 0) is 6.61 Å². The second-order valence-corrected chi connectivity index (χ2v) is 10.4. The van der Waals surface area contributed by atoms with E-state index in [-0.39, 0.29) is 5.76 Å². The van der Waals surface area contributed by atoms with Gasteiger partial charge in [0.15, 0.2) is 17.3 Å². The van der Waals surface area contributed by atoms with E-state index in [0.717, 1.165) is 28.1 Å². The van der Waals surface area contributed by atoms with Crippen molar-refractivity contribution < 1.29 is 18.7 Å². The highest BCUT2D eigenvalue weighted by atomic mass is 127. The highest BCUT2D eigenvalue weighted by molar-refractivity contribution is 14.1. The molecular formula is C25H19BrI2N2O4. The molecule has 0 atom stereocenters. The number of furan rings is 1. The molecule has 0 bridgehead atoms. The minimum absolute atomic E-state index is 0.192. The molecule has 0 saturated heterocycles. The number of benzene rings is 3. The number of carbonyl (C=O) groups excluding carboxylic acids is 1. The standard InChI is InChI=1S/C25H19BrI2N2O4/c1-2-32-21-9-16(8-19(27)24(21)33-14-15-6-4-3-5-7-15)13-29-30-25(31)22-11-17-10-18(26)12-20(28)23(17)34-22/h3-13H,2,14H2,1H3,(H,30,31)/b29-13-. The lowest BCUT2D eigenvalue weighted by Gasteiger charge is -2.14. The molecular weight excluding hydrogens is 726 g/mol. The van der Waals surface area contributed by atoms with E-state index in [9.17, 15) is 4.79 Å². The molecule has 34 heavy (non-hydrogen) atoms. The maximum atomic E-state index is 12.5. The van der Waals surface area contributed by atoms with Gasteiger partial charge in [0.25, 0.3) is 0 Å². The predicted molar refractivity (Wildman–Crippen MR) is 153 cm³/mol. The van der Waals surface area contributed by atoms with Crippen LogP contribution in [0.4, 0.5) is 0 Å². The van der Waals surface area contributed by atoms with Crippen LogP contribution in [0.15, 0.2) is 74.7 Å². The summed E-state index contributed by atoms with van der Waals surface area (Å²) < 4.78 is 20.3. The maximum Gasteiger partial charge on any atom is 0.307 e. The number of hydrogen-bond donors (Lipinski definition) is 1. The molecule has 0 aliphatic heterocycles. The number of hydrogen-bond acceptors (Lipinski definition) is 5. The van der Waals surface area contributed by atoms with Crippen LogP contribution in [0.25, 0.3) is 11.0 Å². The molecule has 1 amide bonds.